The van der Waals surface area contributed by atoms with Crippen LogP contribution in [0.3, 0.4) is 0 Å². The molecule has 8 bridgehead atoms. The minimum absolute atomic E-state index is 0.999. The Kier molecular flexibility index (Phi) is 22.2. The summed E-state index contributed by atoms with van der Waals surface area (Å²) in [5.74, 6) is 0. The maximum absolute atomic E-state index is 5.40. The molecular weight excluding hydrogens is 705 g/mol. The number of aryl methyl sites for hydroxylation is 1. The topological polar surface area (TPSA) is 57.4 Å². The van der Waals surface area contributed by atoms with Crippen molar-refractivity contribution in [1.29, 1.82) is 0 Å². The lowest BCUT2D eigenvalue weighted by molar-refractivity contribution is 0.532. The van der Waals surface area contributed by atoms with Gasteiger partial charge in [0, 0.05) is 33.2 Å². The summed E-state index contributed by atoms with van der Waals surface area (Å²) in [6, 6.07) is 13.2. The second-order valence-corrected chi connectivity index (χ2v) is 17.8. The largest absolute Gasteiger partial charge is 0.355 e. The van der Waals surface area contributed by atoms with Gasteiger partial charge in [0.15, 0.2) is 0 Å². The molecule has 4 nitrogen and oxygen atoms in total. The van der Waals surface area contributed by atoms with Crippen molar-refractivity contribution < 1.29 is 0 Å². The summed E-state index contributed by atoms with van der Waals surface area (Å²) in [5.41, 5.74) is 11.4. The zero-order chi connectivity index (χ0) is 40.3. The molecule has 58 heavy (non-hydrogen) atoms. The van der Waals surface area contributed by atoms with Crippen LogP contribution in [0.15, 0.2) is 36.4 Å². The number of hydrogen-bond acceptors (Lipinski definition) is 2. The van der Waals surface area contributed by atoms with E-state index < -0.39 is 0 Å². The summed E-state index contributed by atoms with van der Waals surface area (Å²) in [4.78, 5) is 17.9. The van der Waals surface area contributed by atoms with Crippen molar-refractivity contribution >= 4 is 46.4 Å². The SMILES string of the molecule is CCCCCCCCCCCCCCCCCc1c2nc(cc3ccc(cc4ccc([nH]4)c(CCCCCCCCCCCCCCCCC)c4nc1C=C4)[nH]3)C=C2. The van der Waals surface area contributed by atoms with E-state index in [1.807, 2.05) is 0 Å². The van der Waals surface area contributed by atoms with Gasteiger partial charge in [-0.3, -0.25) is 0 Å². The number of H-pyrrole nitrogens is 2. The molecule has 3 aromatic rings. The van der Waals surface area contributed by atoms with Gasteiger partial charge in [-0.15, -0.1) is 0 Å². The lowest BCUT2D eigenvalue weighted by Crippen LogP contribution is -1.96. The summed E-state index contributed by atoms with van der Waals surface area (Å²) in [6.45, 7) is 4.61. The predicted molar refractivity (Wildman–Crippen MR) is 256 cm³/mol. The molecule has 0 spiro atoms. The van der Waals surface area contributed by atoms with E-state index in [9.17, 15) is 0 Å². The average molecular weight is 787 g/mol. The van der Waals surface area contributed by atoms with Crippen LogP contribution in [0.4, 0.5) is 0 Å². The number of nitrogens with zero attached hydrogens (tertiary/aromatic N) is 2. The third-order valence-electron chi connectivity index (χ3n) is 12.7. The smallest absolute Gasteiger partial charge is 0.0691 e. The molecule has 0 radical (unpaired) electrons. The first-order valence-electron chi connectivity index (χ1n) is 24.8. The Labute approximate surface area is 354 Å². The maximum atomic E-state index is 5.40. The molecule has 0 aromatic carbocycles. The lowest BCUT2D eigenvalue weighted by atomic mass is 10.0. The number of fused-ring (bicyclic) bond motifs is 8. The number of aromatic nitrogens is 4. The lowest BCUT2D eigenvalue weighted by Gasteiger charge is -2.06. The van der Waals surface area contributed by atoms with Gasteiger partial charge in [0.1, 0.15) is 0 Å². The fourth-order valence-corrected chi connectivity index (χ4v) is 9.06. The predicted octanol–water partition coefficient (Wildman–Crippen LogP) is 17.5. The van der Waals surface area contributed by atoms with Gasteiger partial charge in [-0.25, -0.2) is 9.97 Å². The van der Waals surface area contributed by atoms with Crippen LogP contribution in [0.5, 0.6) is 0 Å². The first kappa shape index (κ1) is 45.7. The van der Waals surface area contributed by atoms with E-state index in [1.165, 1.54) is 209 Å². The summed E-state index contributed by atoms with van der Waals surface area (Å²) in [5, 5.41) is 0. The summed E-state index contributed by atoms with van der Waals surface area (Å²) in [7, 11) is 0. The molecule has 2 N–H and O–H groups in total. The van der Waals surface area contributed by atoms with E-state index in [0.717, 1.165) is 52.2 Å². The first-order valence-corrected chi connectivity index (χ1v) is 24.8. The van der Waals surface area contributed by atoms with Crippen LogP contribution in [0, 0.1) is 0 Å². The molecule has 5 heterocycles. The van der Waals surface area contributed by atoms with E-state index in [-0.39, 0.29) is 0 Å². The molecule has 0 unspecified atom stereocenters. The van der Waals surface area contributed by atoms with Crippen LogP contribution in [0.1, 0.15) is 240 Å². The molecule has 2 aliphatic rings. The average Bonchev–Trinajstić information content (AvgIpc) is 4.07. The van der Waals surface area contributed by atoms with Crippen molar-refractivity contribution in [2.45, 2.75) is 219 Å². The van der Waals surface area contributed by atoms with Crippen LogP contribution in [-0.4, -0.2) is 19.9 Å². The highest BCUT2D eigenvalue weighted by Crippen LogP contribution is 2.27. The highest BCUT2D eigenvalue weighted by molar-refractivity contribution is 5.81. The maximum Gasteiger partial charge on any atom is 0.0691 e. The number of aromatic amines is 2. The molecule has 0 atom stereocenters. The van der Waals surface area contributed by atoms with E-state index in [2.05, 4.69) is 84.5 Å². The second kappa shape index (κ2) is 28.1. The minimum atomic E-state index is 0.999. The number of rotatable bonds is 32. The number of hydrogen-bond donors (Lipinski definition) is 2. The van der Waals surface area contributed by atoms with Gasteiger partial charge in [-0.05, 0) is 86.4 Å². The Hall–Kier alpha value is -3.40. The van der Waals surface area contributed by atoms with Gasteiger partial charge in [0.25, 0.3) is 0 Å². The van der Waals surface area contributed by atoms with E-state index in [1.54, 1.807) is 0 Å². The quantitative estimate of drug-likeness (QED) is 0.0427. The highest BCUT2D eigenvalue weighted by Gasteiger charge is 2.14. The van der Waals surface area contributed by atoms with Crippen LogP contribution in [-0.2, 0) is 12.8 Å². The molecule has 0 saturated heterocycles. The highest BCUT2D eigenvalue weighted by atomic mass is 14.8. The standard InChI is InChI=1S/C54H82N4/c1-3-5-7-9-11-13-15-17-19-21-23-25-27-29-31-33-49-51-39-37-47(56-51)43-45-35-36-46(55-45)44-48-38-40-52(57-48)50(54-42-41-53(49)58-54)34-32-30-28-26-24-22-20-18-16-14-12-10-8-6-4-2/h35-44,55-56H,3-34H2,1-2H3. The minimum Gasteiger partial charge on any atom is -0.355 e. The van der Waals surface area contributed by atoms with Crippen molar-refractivity contribution in [3.8, 4) is 0 Å². The normalized spacial score (nSPS) is 12.3. The van der Waals surface area contributed by atoms with Crippen molar-refractivity contribution in [3.63, 3.8) is 0 Å². The van der Waals surface area contributed by atoms with Crippen LogP contribution in [0.2, 0.25) is 0 Å². The summed E-state index contributed by atoms with van der Waals surface area (Å²) >= 11 is 0. The molecule has 0 saturated carbocycles. The Balaban J connectivity index is 1.15. The fraction of sp³-hybridized carbons (Fsp3) is 0.630. The van der Waals surface area contributed by atoms with Crippen LogP contribution in [0.25, 0.3) is 46.4 Å². The molecule has 318 valence electrons. The van der Waals surface area contributed by atoms with Crippen molar-refractivity contribution in [1.82, 2.24) is 19.9 Å². The molecule has 0 amide bonds. The molecule has 3 aromatic heterocycles. The van der Waals surface area contributed by atoms with Gasteiger partial charge in [-0.2, -0.15) is 0 Å². The fourth-order valence-electron chi connectivity index (χ4n) is 9.06. The van der Waals surface area contributed by atoms with Crippen molar-refractivity contribution in [2.24, 2.45) is 0 Å². The molecule has 0 aliphatic carbocycles. The molecule has 0 fully saturated rings. The first-order chi connectivity index (χ1) is 28.7. The van der Waals surface area contributed by atoms with E-state index in [4.69, 9.17) is 9.97 Å². The Morgan fingerprint density at radius 2 is 0.707 bits per heavy atom. The second-order valence-electron chi connectivity index (χ2n) is 17.8. The number of unbranched alkanes of at least 4 members (excludes halogenated alkanes) is 28. The summed E-state index contributed by atoms with van der Waals surface area (Å²) < 4.78 is 0. The molecular formula is C54H82N4. The molecule has 4 heteroatoms. The van der Waals surface area contributed by atoms with Crippen molar-refractivity contribution in [2.75, 3.05) is 0 Å². The zero-order valence-corrected chi connectivity index (χ0v) is 37.3. The Bertz CT molecular complexity index is 1790. The van der Waals surface area contributed by atoms with Gasteiger partial charge in [0.2, 0.25) is 0 Å². The number of nitrogens with one attached hydrogen (secondary N) is 2. The van der Waals surface area contributed by atoms with Crippen LogP contribution < -0.4 is 0 Å². The third kappa shape index (κ3) is 17.1. The van der Waals surface area contributed by atoms with E-state index in [0.29, 0.717) is 0 Å². The van der Waals surface area contributed by atoms with Gasteiger partial charge < -0.3 is 9.97 Å². The Morgan fingerprint density at radius 1 is 0.345 bits per heavy atom. The van der Waals surface area contributed by atoms with E-state index >= 15 is 0 Å². The zero-order valence-electron chi connectivity index (χ0n) is 37.3. The monoisotopic (exact) mass is 787 g/mol. The van der Waals surface area contributed by atoms with Gasteiger partial charge >= 0.3 is 0 Å². The van der Waals surface area contributed by atoms with Crippen LogP contribution >= 0.6 is 0 Å². The third-order valence-corrected chi connectivity index (χ3v) is 12.7. The molecule has 2 aliphatic heterocycles. The Morgan fingerprint density at radius 3 is 1.21 bits per heavy atom. The molecule has 5 rings (SSSR count). The van der Waals surface area contributed by atoms with Gasteiger partial charge in [-0.1, -0.05) is 194 Å². The van der Waals surface area contributed by atoms with Crippen molar-refractivity contribution in [3.05, 3.63) is 70.3 Å². The van der Waals surface area contributed by atoms with Gasteiger partial charge in [0.05, 0.1) is 22.8 Å². The summed E-state index contributed by atoms with van der Waals surface area (Å²) in [6.07, 6.45) is 52.6.